The van der Waals surface area contributed by atoms with Crippen molar-refractivity contribution in [3.05, 3.63) is 83.4 Å². The van der Waals surface area contributed by atoms with Crippen molar-refractivity contribution in [3.63, 3.8) is 0 Å². The summed E-state index contributed by atoms with van der Waals surface area (Å²) in [5.74, 6) is -5.08. The lowest BCUT2D eigenvalue weighted by Gasteiger charge is -2.41. The molecular weight excluding hydrogens is 366 g/mol. The maximum absolute atomic E-state index is 14.7. The molecule has 0 spiro atoms. The van der Waals surface area contributed by atoms with Crippen LogP contribution in [0.3, 0.4) is 0 Å². The van der Waals surface area contributed by atoms with Crippen LogP contribution in [0.4, 0.5) is 8.78 Å². The van der Waals surface area contributed by atoms with E-state index in [1.165, 1.54) is 24.3 Å². The Morgan fingerprint density at radius 2 is 1.61 bits per heavy atom. The number of esters is 1. The van der Waals surface area contributed by atoms with Crippen LogP contribution < -0.4 is 0 Å². The van der Waals surface area contributed by atoms with E-state index in [0.29, 0.717) is 18.4 Å². The van der Waals surface area contributed by atoms with Gasteiger partial charge >= 0.3 is 11.9 Å². The van der Waals surface area contributed by atoms with Gasteiger partial charge in [0.15, 0.2) is 0 Å². The van der Waals surface area contributed by atoms with E-state index in [2.05, 4.69) is 6.58 Å². The zero-order valence-electron chi connectivity index (χ0n) is 15.2. The predicted molar refractivity (Wildman–Crippen MR) is 98.9 cm³/mol. The van der Waals surface area contributed by atoms with Crippen LogP contribution in [0.1, 0.15) is 42.4 Å². The number of carboxylic acids is 1. The molecule has 0 amide bonds. The molecule has 2 aromatic carbocycles. The molecule has 1 saturated carbocycles. The van der Waals surface area contributed by atoms with Crippen molar-refractivity contribution in [3.8, 4) is 0 Å². The summed E-state index contributed by atoms with van der Waals surface area (Å²) in [5.41, 5.74) is -0.767. The lowest BCUT2D eigenvalue weighted by atomic mass is 9.74. The van der Waals surface area contributed by atoms with Crippen LogP contribution in [0, 0.1) is 0 Å². The third kappa shape index (κ3) is 3.81. The van der Waals surface area contributed by atoms with Gasteiger partial charge in [0, 0.05) is 16.7 Å². The van der Waals surface area contributed by atoms with Crippen molar-refractivity contribution in [1.29, 1.82) is 0 Å². The summed E-state index contributed by atoms with van der Waals surface area (Å²) in [7, 11) is 0. The zero-order valence-corrected chi connectivity index (χ0v) is 15.2. The number of benzene rings is 2. The molecule has 0 aromatic heterocycles. The number of ether oxygens (including phenoxy) is 1. The largest absolute Gasteiger partial charge is 0.478 e. The summed E-state index contributed by atoms with van der Waals surface area (Å²) >= 11 is 0. The van der Waals surface area contributed by atoms with Crippen molar-refractivity contribution < 1.29 is 28.2 Å². The Hall–Kier alpha value is -3.02. The quantitative estimate of drug-likeness (QED) is 0.549. The van der Waals surface area contributed by atoms with Crippen molar-refractivity contribution in [2.45, 2.75) is 37.2 Å². The number of hydrogen-bond acceptors (Lipinski definition) is 3. The predicted octanol–water partition coefficient (Wildman–Crippen LogP) is 4.78. The maximum Gasteiger partial charge on any atom is 0.331 e. The molecule has 1 N–H and O–H groups in total. The molecule has 0 radical (unpaired) electrons. The van der Waals surface area contributed by atoms with E-state index in [4.69, 9.17) is 9.84 Å². The fourth-order valence-electron chi connectivity index (χ4n) is 3.25. The van der Waals surface area contributed by atoms with Gasteiger partial charge in [0.1, 0.15) is 5.60 Å². The van der Waals surface area contributed by atoms with E-state index in [0.717, 1.165) is 6.42 Å². The Bertz CT molecular complexity index is 885. The van der Waals surface area contributed by atoms with Crippen molar-refractivity contribution >= 4 is 11.9 Å². The van der Waals surface area contributed by atoms with Crippen LogP contribution in [0.5, 0.6) is 0 Å². The van der Waals surface area contributed by atoms with E-state index >= 15 is 0 Å². The topological polar surface area (TPSA) is 63.6 Å². The molecule has 146 valence electrons. The molecule has 0 heterocycles. The number of aliphatic carboxylic acids is 1. The number of hydrogen-bond donors (Lipinski definition) is 1. The Kier molecular flexibility index (Phi) is 5.31. The average molecular weight is 386 g/mol. The second-order valence-corrected chi connectivity index (χ2v) is 6.93. The zero-order chi connectivity index (χ0) is 20.4. The first kappa shape index (κ1) is 19.7. The van der Waals surface area contributed by atoms with Gasteiger partial charge < -0.3 is 9.84 Å². The molecular formula is C22H20F2O4. The van der Waals surface area contributed by atoms with Gasteiger partial charge in [0.25, 0.3) is 5.92 Å². The van der Waals surface area contributed by atoms with E-state index in [1.54, 1.807) is 30.3 Å². The Balaban J connectivity index is 1.78. The number of carbonyl (C=O) groups excluding carboxylic acids is 1. The minimum absolute atomic E-state index is 0.0975. The molecule has 28 heavy (non-hydrogen) atoms. The highest BCUT2D eigenvalue weighted by Crippen LogP contribution is 2.46. The van der Waals surface area contributed by atoms with Crippen LogP contribution in [0.2, 0.25) is 0 Å². The Morgan fingerprint density at radius 1 is 1.04 bits per heavy atom. The fraction of sp³-hybridized carbons (Fsp3) is 0.273. The number of alkyl halides is 2. The van der Waals surface area contributed by atoms with Gasteiger partial charge in [-0.05, 0) is 24.8 Å². The summed E-state index contributed by atoms with van der Waals surface area (Å²) in [4.78, 5) is 22.9. The fourth-order valence-corrected chi connectivity index (χ4v) is 3.25. The van der Waals surface area contributed by atoms with Gasteiger partial charge in [-0.25, -0.2) is 4.79 Å². The first-order chi connectivity index (χ1) is 13.2. The minimum Gasteiger partial charge on any atom is -0.478 e. The van der Waals surface area contributed by atoms with Gasteiger partial charge in [-0.2, -0.15) is 8.78 Å². The first-order valence-corrected chi connectivity index (χ1v) is 8.92. The standard InChI is InChI=1S/C22H20F2O4/c1-15(20(26)27)14-19(25)28-21(12-5-13-21)16-8-10-18(11-9-16)22(23,24)17-6-3-2-4-7-17/h2-4,6-11H,1,5,12-14H2,(H,26,27). The number of rotatable bonds is 7. The molecule has 1 aliphatic rings. The van der Waals surface area contributed by atoms with Gasteiger partial charge in [0.05, 0.1) is 6.42 Å². The normalized spacial score (nSPS) is 15.4. The van der Waals surface area contributed by atoms with E-state index in [9.17, 15) is 18.4 Å². The van der Waals surface area contributed by atoms with Gasteiger partial charge in [-0.15, -0.1) is 0 Å². The SMILES string of the molecule is C=C(CC(=O)OC1(c2ccc(C(F)(F)c3ccccc3)cc2)CCC1)C(=O)O. The molecule has 2 aromatic rings. The first-order valence-electron chi connectivity index (χ1n) is 8.92. The molecule has 1 fully saturated rings. The minimum atomic E-state index is -3.14. The summed E-state index contributed by atoms with van der Waals surface area (Å²) in [6.07, 6.45) is 1.54. The maximum atomic E-state index is 14.7. The van der Waals surface area contributed by atoms with Crippen LogP contribution in [0.15, 0.2) is 66.7 Å². The highest BCUT2D eigenvalue weighted by atomic mass is 19.3. The van der Waals surface area contributed by atoms with Crippen LogP contribution in [0.25, 0.3) is 0 Å². The molecule has 0 saturated heterocycles. The monoisotopic (exact) mass is 386 g/mol. The Morgan fingerprint density at radius 3 is 2.11 bits per heavy atom. The second kappa shape index (κ2) is 7.54. The van der Waals surface area contributed by atoms with Crippen LogP contribution in [-0.4, -0.2) is 17.0 Å². The summed E-state index contributed by atoms with van der Waals surface area (Å²) in [6, 6.07) is 13.3. The molecule has 0 bridgehead atoms. The molecule has 0 atom stereocenters. The highest BCUT2D eigenvalue weighted by molar-refractivity contribution is 5.91. The van der Waals surface area contributed by atoms with Crippen LogP contribution >= 0.6 is 0 Å². The average Bonchev–Trinajstić information content (AvgIpc) is 2.65. The molecule has 0 aliphatic heterocycles. The number of carboxylic acid groups (broad SMARTS) is 1. The third-order valence-electron chi connectivity index (χ3n) is 5.04. The molecule has 6 heteroatoms. The molecule has 1 aliphatic carbocycles. The van der Waals surface area contributed by atoms with E-state index in [-0.39, 0.29) is 16.7 Å². The summed E-state index contributed by atoms with van der Waals surface area (Å²) in [5, 5.41) is 8.84. The smallest absolute Gasteiger partial charge is 0.331 e. The highest BCUT2D eigenvalue weighted by Gasteiger charge is 2.43. The third-order valence-corrected chi connectivity index (χ3v) is 5.04. The molecule has 4 nitrogen and oxygen atoms in total. The van der Waals surface area contributed by atoms with Crippen molar-refractivity contribution in [1.82, 2.24) is 0 Å². The van der Waals surface area contributed by atoms with Gasteiger partial charge in [0.2, 0.25) is 0 Å². The van der Waals surface area contributed by atoms with E-state index in [1.807, 2.05) is 0 Å². The molecule has 0 unspecified atom stereocenters. The van der Waals surface area contributed by atoms with E-state index < -0.39 is 29.9 Å². The van der Waals surface area contributed by atoms with Crippen molar-refractivity contribution in [2.75, 3.05) is 0 Å². The van der Waals surface area contributed by atoms with Gasteiger partial charge in [-0.1, -0.05) is 61.2 Å². The molecule has 3 rings (SSSR count). The summed E-state index contributed by atoms with van der Waals surface area (Å²) < 4.78 is 34.9. The second-order valence-electron chi connectivity index (χ2n) is 6.93. The summed E-state index contributed by atoms with van der Waals surface area (Å²) in [6.45, 7) is 3.32. The number of halogens is 2. The lowest BCUT2D eigenvalue weighted by Crippen LogP contribution is -2.39. The lowest BCUT2D eigenvalue weighted by molar-refractivity contribution is -0.171. The number of carbonyl (C=O) groups is 2. The van der Waals surface area contributed by atoms with Crippen molar-refractivity contribution in [2.24, 2.45) is 0 Å². The van der Waals surface area contributed by atoms with Crippen LogP contribution in [-0.2, 0) is 25.8 Å². The van der Waals surface area contributed by atoms with Gasteiger partial charge in [-0.3, -0.25) is 4.79 Å². The Labute approximate surface area is 161 Å².